The predicted molar refractivity (Wildman–Crippen MR) is 33.0 cm³/mol. The van der Waals surface area contributed by atoms with E-state index in [-0.39, 0.29) is 17.1 Å². The smallest absolute Gasteiger partial charge is 0.838 e. The van der Waals surface area contributed by atoms with Crippen molar-refractivity contribution in [1.82, 2.24) is 0 Å². The molecular formula is C6H5CuO2P. The Hall–Kier alpha value is 0.0895. The molecule has 1 radical (unpaired) electrons. The van der Waals surface area contributed by atoms with Crippen molar-refractivity contribution in [2.24, 2.45) is 0 Å². The van der Waals surface area contributed by atoms with Gasteiger partial charge in [-0.1, -0.05) is 35.6 Å². The molecule has 0 aliphatic rings. The summed E-state index contributed by atoms with van der Waals surface area (Å²) in [6.45, 7) is 0. The van der Waals surface area contributed by atoms with Gasteiger partial charge in [-0.05, 0) is 0 Å². The second kappa shape index (κ2) is 4.84. The first-order chi connectivity index (χ1) is 4.30. The van der Waals surface area contributed by atoms with E-state index in [2.05, 4.69) is 0 Å². The summed E-state index contributed by atoms with van der Waals surface area (Å²) in [5.74, 6) is 0. The third-order valence-corrected chi connectivity index (χ3v) is 1.69. The topological polar surface area (TPSA) is 46.1 Å². The van der Waals surface area contributed by atoms with Crippen LogP contribution in [-0.2, 0) is 17.1 Å². The first-order valence-corrected chi connectivity index (χ1v) is 3.68. The molecule has 0 saturated carbocycles. The minimum absolute atomic E-state index is 0. The first kappa shape index (κ1) is 10.1. The van der Waals surface area contributed by atoms with E-state index in [9.17, 15) is 9.79 Å². The van der Waals surface area contributed by atoms with Gasteiger partial charge in [0.1, 0.15) is 0 Å². The Morgan fingerprint density at radius 2 is 1.50 bits per heavy atom. The van der Waals surface area contributed by atoms with Gasteiger partial charge in [0, 0.05) is 0 Å². The predicted octanol–water partition coefficient (Wildman–Crippen LogP) is -0.658. The molecule has 0 aliphatic carbocycles. The van der Waals surface area contributed by atoms with Gasteiger partial charge in [-0.15, -0.1) is 0 Å². The zero-order valence-corrected chi connectivity index (χ0v) is 6.79. The Morgan fingerprint density at radius 3 is 1.80 bits per heavy atom. The first-order valence-electron chi connectivity index (χ1n) is 2.50. The average Bonchev–Trinajstić information content (AvgIpc) is 1.90. The van der Waals surface area contributed by atoms with Crippen LogP contribution in [0.1, 0.15) is 0 Å². The maximum atomic E-state index is 10.2. The molecule has 0 saturated heterocycles. The van der Waals surface area contributed by atoms with E-state index < -0.39 is 8.38 Å². The summed E-state index contributed by atoms with van der Waals surface area (Å²) < 4.78 is 0. The summed E-state index contributed by atoms with van der Waals surface area (Å²) in [4.78, 5) is 20.5. The van der Waals surface area contributed by atoms with Crippen LogP contribution < -0.4 is 15.1 Å². The molecule has 10 heavy (non-hydrogen) atoms. The largest absolute Gasteiger partial charge is 2.00 e. The van der Waals surface area contributed by atoms with Crippen molar-refractivity contribution in [2.75, 3.05) is 0 Å². The summed E-state index contributed by atoms with van der Waals surface area (Å²) in [6, 6.07) is 8.29. The quantitative estimate of drug-likeness (QED) is 0.450. The average molecular weight is 204 g/mol. The fourth-order valence-electron chi connectivity index (χ4n) is 0.550. The summed E-state index contributed by atoms with van der Waals surface area (Å²) in [7, 11) is -2.40. The molecule has 0 aromatic heterocycles. The standard InChI is InChI=1S/C6H5O2P.Cu/c7-9(8)6-4-2-1-3-5-6;/h1-5H;/q-2;+2. The van der Waals surface area contributed by atoms with E-state index in [4.69, 9.17) is 0 Å². The third kappa shape index (κ3) is 2.78. The summed E-state index contributed by atoms with van der Waals surface area (Å²) >= 11 is 0. The van der Waals surface area contributed by atoms with Crippen molar-refractivity contribution in [3.63, 3.8) is 0 Å². The Kier molecular flexibility index (Phi) is 4.88. The molecule has 1 rings (SSSR count). The van der Waals surface area contributed by atoms with Gasteiger partial charge in [0.25, 0.3) is 0 Å². The van der Waals surface area contributed by atoms with E-state index in [1.165, 1.54) is 0 Å². The molecule has 0 spiro atoms. The molecule has 1 aromatic rings. The van der Waals surface area contributed by atoms with Crippen molar-refractivity contribution >= 4 is 13.7 Å². The van der Waals surface area contributed by atoms with Crippen molar-refractivity contribution < 1.29 is 26.9 Å². The number of rotatable bonds is 1. The summed E-state index contributed by atoms with van der Waals surface area (Å²) in [5, 5.41) is 0.368. The van der Waals surface area contributed by atoms with Gasteiger partial charge in [-0.3, -0.25) is 8.38 Å². The molecule has 57 valence electrons. The van der Waals surface area contributed by atoms with Crippen LogP contribution in [-0.4, -0.2) is 0 Å². The molecule has 2 nitrogen and oxygen atoms in total. The van der Waals surface area contributed by atoms with Gasteiger partial charge in [-0.25, -0.2) is 0 Å². The molecule has 0 aliphatic heterocycles. The van der Waals surface area contributed by atoms with E-state index in [0.29, 0.717) is 5.30 Å². The number of hydrogen-bond donors (Lipinski definition) is 0. The summed E-state index contributed by atoms with van der Waals surface area (Å²) in [5.41, 5.74) is 0. The maximum Gasteiger partial charge on any atom is 2.00 e. The van der Waals surface area contributed by atoms with Gasteiger partial charge in [0.15, 0.2) is 0 Å². The molecule has 0 bridgehead atoms. The van der Waals surface area contributed by atoms with E-state index in [0.717, 1.165) is 0 Å². The van der Waals surface area contributed by atoms with Crippen LogP contribution in [0.4, 0.5) is 0 Å². The molecule has 0 unspecified atom stereocenters. The summed E-state index contributed by atoms with van der Waals surface area (Å²) in [6.07, 6.45) is 0. The molecule has 0 N–H and O–H groups in total. The Labute approximate surface area is 71.3 Å². The molecular weight excluding hydrogens is 199 g/mol. The fraction of sp³-hybridized carbons (Fsp3) is 0. The van der Waals surface area contributed by atoms with Gasteiger partial charge in [0.2, 0.25) is 0 Å². The normalized spacial score (nSPS) is 9.10. The van der Waals surface area contributed by atoms with Crippen LogP contribution in [0.3, 0.4) is 0 Å². The van der Waals surface area contributed by atoms with Crippen LogP contribution in [0.2, 0.25) is 0 Å². The van der Waals surface area contributed by atoms with Crippen LogP contribution in [0.15, 0.2) is 30.3 Å². The van der Waals surface area contributed by atoms with Gasteiger partial charge in [-0.2, -0.15) is 0 Å². The minimum Gasteiger partial charge on any atom is -0.838 e. The Bertz CT molecular complexity index is 178. The monoisotopic (exact) mass is 203 g/mol. The second-order valence-corrected chi connectivity index (χ2v) is 2.62. The van der Waals surface area contributed by atoms with Crippen molar-refractivity contribution in [1.29, 1.82) is 0 Å². The van der Waals surface area contributed by atoms with Crippen molar-refractivity contribution in [3.8, 4) is 0 Å². The van der Waals surface area contributed by atoms with E-state index in [1.54, 1.807) is 30.3 Å². The van der Waals surface area contributed by atoms with E-state index in [1.807, 2.05) is 0 Å². The van der Waals surface area contributed by atoms with Gasteiger partial charge < -0.3 is 9.79 Å². The van der Waals surface area contributed by atoms with Crippen LogP contribution in [0.5, 0.6) is 0 Å². The van der Waals surface area contributed by atoms with Gasteiger partial charge in [0.05, 0.1) is 0 Å². The second-order valence-electron chi connectivity index (χ2n) is 1.59. The molecule has 0 heterocycles. The number of hydrogen-bond acceptors (Lipinski definition) is 2. The number of benzene rings is 1. The van der Waals surface area contributed by atoms with E-state index >= 15 is 0 Å². The molecule has 1 aromatic carbocycles. The zero-order valence-electron chi connectivity index (χ0n) is 4.95. The fourth-order valence-corrected chi connectivity index (χ4v) is 0.965. The van der Waals surface area contributed by atoms with Crippen molar-refractivity contribution in [3.05, 3.63) is 30.3 Å². The molecule has 0 amide bonds. The zero-order chi connectivity index (χ0) is 6.69. The molecule has 4 heteroatoms. The SMILES string of the molecule is [Cu+2].[O-]P([O-])c1ccccc1. The Morgan fingerprint density at radius 1 is 1.00 bits per heavy atom. The van der Waals surface area contributed by atoms with Gasteiger partial charge >= 0.3 is 17.1 Å². The Balaban J connectivity index is 0.000000810. The maximum absolute atomic E-state index is 10.2. The van der Waals surface area contributed by atoms with Crippen LogP contribution >= 0.6 is 8.38 Å². The van der Waals surface area contributed by atoms with Crippen LogP contribution in [0, 0.1) is 0 Å². The minimum atomic E-state index is -2.40. The molecule has 0 atom stereocenters. The van der Waals surface area contributed by atoms with Crippen LogP contribution in [0.25, 0.3) is 0 Å². The molecule has 0 fully saturated rings. The third-order valence-electron chi connectivity index (χ3n) is 0.967. The van der Waals surface area contributed by atoms with Crippen molar-refractivity contribution in [2.45, 2.75) is 0 Å².